The quantitative estimate of drug-likeness (QED) is 0.720. The standard InChI is InChI=1S/C15H28ClN3O2/c1-6-8-17-14(15(3,7-2)21-5)13-12(16)11-18-19(13)9-10-20-4/h11,14,17H,6-10H2,1-5H3. The maximum atomic E-state index is 6.40. The number of nitrogens with zero attached hydrogens (tertiary/aromatic N) is 2. The fraction of sp³-hybridized carbons (Fsp3) is 0.800. The van der Waals surface area contributed by atoms with Crippen LogP contribution in [0.25, 0.3) is 0 Å². The van der Waals surface area contributed by atoms with E-state index in [9.17, 15) is 0 Å². The van der Waals surface area contributed by atoms with Crippen LogP contribution < -0.4 is 5.32 Å². The van der Waals surface area contributed by atoms with Gasteiger partial charge in [-0.3, -0.25) is 4.68 Å². The Kier molecular flexibility index (Phi) is 7.66. The van der Waals surface area contributed by atoms with E-state index < -0.39 is 0 Å². The Morgan fingerprint density at radius 2 is 2.14 bits per heavy atom. The zero-order valence-corrected chi connectivity index (χ0v) is 14.5. The van der Waals surface area contributed by atoms with Crippen molar-refractivity contribution in [2.75, 3.05) is 27.4 Å². The molecule has 0 bridgehead atoms. The Bertz CT molecular complexity index is 419. The van der Waals surface area contributed by atoms with Gasteiger partial charge < -0.3 is 14.8 Å². The van der Waals surface area contributed by atoms with E-state index in [-0.39, 0.29) is 11.6 Å². The third-order valence-electron chi connectivity index (χ3n) is 3.99. The van der Waals surface area contributed by atoms with Crippen LogP contribution in [0.15, 0.2) is 6.20 Å². The van der Waals surface area contributed by atoms with Crippen molar-refractivity contribution >= 4 is 11.6 Å². The first-order valence-electron chi connectivity index (χ1n) is 7.52. The van der Waals surface area contributed by atoms with Gasteiger partial charge in [-0.05, 0) is 26.3 Å². The molecule has 1 N–H and O–H groups in total. The number of hydrogen-bond acceptors (Lipinski definition) is 4. The number of ether oxygens (including phenoxy) is 2. The molecular formula is C15H28ClN3O2. The molecule has 0 aliphatic rings. The molecule has 1 rings (SSSR count). The summed E-state index contributed by atoms with van der Waals surface area (Å²) in [4.78, 5) is 0. The van der Waals surface area contributed by atoms with E-state index in [1.54, 1.807) is 20.4 Å². The van der Waals surface area contributed by atoms with Gasteiger partial charge in [-0.1, -0.05) is 25.4 Å². The fourth-order valence-corrected chi connectivity index (χ4v) is 2.62. The molecule has 0 spiro atoms. The Morgan fingerprint density at radius 1 is 1.43 bits per heavy atom. The van der Waals surface area contributed by atoms with Gasteiger partial charge in [0.25, 0.3) is 0 Å². The van der Waals surface area contributed by atoms with Gasteiger partial charge in [-0.25, -0.2) is 0 Å². The molecule has 0 radical (unpaired) electrons. The zero-order valence-electron chi connectivity index (χ0n) is 13.8. The van der Waals surface area contributed by atoms with Crippen LogP contribution >= 0.6 is 11.6 Å². The molecule has 1 aromatic heterocycles. The minimum absolute atomic E-state index is 0.0145. The van der Waals surface area contributed by atoms with E-state index >= 15 is 0 Å². The van der Waals surface area contributed by atoms with Crippen LogP contribution in [0, 0.1) is 0 Å². The highest BCUT2D eigenvalue weighted by Gasteiger charge is 2.37. The van der Waals surface area contributed by atoms with Crippen LogP contribution in [0.1, 0.15) is 45.3 Å². The summed E-state index contributed by atoms with van der Waals surface area (Å²) in [6.07, 6.45) is 3.61. The highest BCUT2D eigenvalue weighted by molar-refractivity contribution is 6.31. The Labute approximate surface area is 132 Å². The number of hydrogen-bond donors (Lipinski definition) is 1. The lowest BCUT2D eigenvalue weighted by molar-refractivity contribution is -0.0323. The van der Waals surface area contributed by atoms with Crippen LogP contribution in [0.2, 0.25) is 5.02 Å². The molecule has 1 heterocycles. The first kappa shape index (κ1) is 18.4. The van der Waals surface area contributed by atoms with Gasteiger partial charge in [0.15, 0.2) is 0 Å². The molecule has 0 aliphatic carbocycles. The van der Waals surface area contributed by atoms with Crippen molar-refractivity contribution in [3.8, 4) is 0 Å². The van der Waals surface area contributed by atoms with Crippen molar-refractivity contribution in [1.29, 1.82) is 0 Å². The van der Waals surface area contributed by atoms with E-state index in [1.807, 2.05) is 4.68 Å². The number of rotatable bonds is 10. The largest absolute Gasteiger partial charge is 0.383 e. The smallest absolute Gasteiger partial charge is 0.0857 e. The summed E-state index contributed by atoms with van der Waals surface area (Å²) >= 11 is 6.40. The van der Waals surface area contributed by atoms with Crippen molar-refractivity contribution in [2.24, 2.45) is 0 Å². The van der Waals surface area contributed by atoms with Gasteiger partial charge in [-0.15, -0.1) is 0 Å². The van der Waals surface area contributed by atoms with Gasteiger partial charge in [0.1, 0.15) is 0 Å². The zero-order chi connectivity index (χ0) is 15.9. The second-order valence-electron chi connectivity index (χ2n) is 5.35. The van der Waals surface area contributed by atoms with E-state index in [0.29, 0.717) is 18.2 Å². The third kappa shape index (κ3) is 4.42. The molecule has 0 fully saturated rings. The highest BCUT2D eigenvalue weighted by Crippen LogP contribution is 2.35. The second kappa shape index (κ2) is 8.73. The van der Waals surface area contributed by atoms with Crippen molar-refractivity contribution in [3.05, 3.63) is 16.9 Å². The minimum atomic E-state index is -0.344. The number of aromatic nitrogens is 2. The average molecular weight is 318 g/mol. The van der Waals surface area contributed by atoms with Crippen molar-refractivity contribution < 1.29 is 9.47 Å². The van der Waals surface area contributed by atoms with Crippen LogP contribution in [0.3, 0.4) is 0 Å². The Morgan fingerprint density at radius 3 is 2.67 bits per heavy atom. The van der Waals surface area contributed by atoms with E-state index in [2.05, 4.69) is 31.2 Å². The van der Waals surface area contributed by atoms with E-state index in [1.165, 1.54) is 0 Å². The summed E-state index contributed by atoms with van der Waals surface area (Å²) in [6.45, 7) is 8.53. The number of methoxy groups -OCH3 is 2. The summed E-state index contributed by atoms with van der Waals surface area (Å²) in [5.74, 6) is 0. The molecule has 6 heteroatoms. The fourth-order valence-electron chi connectivity index (χ4n) is 2.37. The van der Waals surface area contributed by atoms with E-state index in [0.717, 1.165) is 25.1 Å². The Hall–Kier alpha value is -0.620. The van der Waals surface area contributed by atoms with Gasteiger partial charge >= 0.3 is 0 Å². The minimum Gasteiger partial charge on any atom is -0.383 e. The maximum absolute atomic E-state index is 6.40. The summed E-state index contributed by atoms with van der Waals surface area (Å²) in [5, 5.41) is 8.60. The van der Waals surface area contributed by atoms with Gasteiger partial charge in [0, 0.05) is 14.2 Å². The molecule has 2 unspecified atom stereocenters. The maximum Gasteiger partial charge on any atom is 0.0857 e. The summed E-state index contributed by atoms with van der Waals surface area (Å²) in [7, 11) is 3.43. The first-order valence-corrected chi connectivity index (χ1v) is 7.90. The Balaban J connectivity index is 3.15. The normalized spacial score (nSPS) is 15.9. The summed E-state index contributed by atoms with van der Waals surface area (Å²) in [6, 6.07) is -0.0145. The lowest BCUT2D eigenvalue weighted by Gasteiger charge is -2.37. The van der Waals surface area contributed by atoms with Gasteiger partial charge in [-0.2, -0.15) is 5.10 Å². The third-order valence-corrected chi connectivity index (χ3v) is 4.28. The highest BCUT2D eigenvalue weighted by atomic mass is 35.5. The van der Waals surface area contributed by atoms with Crippen LogP contribution in [0.4, 0.5) is 0 Å². The summed E-state index contributed by atoms with van der Waals surface area (Å²) in [5.41, 5.74) is 0.622. The van der Waals surface area contributed by atoms with E-state index in [4.69, 9.17) is 21.1 Å². The monoisotopic (exact) mass is 317 g/mol. The number of nitrogens with one attached hydrogen (secondary N) is 1. The molecular weight excluding hydrogens is 290 g/mol. The molecule has 2 atom stereocenters. The molecule has 0 saturated heterocycles. The molecule has 0 saturated carbocycles. The predicted molar refractivity (Wildman–Crippen MR) is 85.9 cm³/mol. The molecule has 1 aromatic rings. The molecule has 122 valence electrons. The van der Waals surface area contributed by atoms with Crippen molar-refractivity contribution in [2.45, 2.75) is 51.8 Å². The predicted octanol–water partition coefficient (Wildman–Crippen LogP) is 3.04. The van der Waals surface area contributed by atoms with Crippen molar-refractivity contribution in [1.82, 2.24) is 15.1 Å². The molecule has 0 aliphatic heterocycles. The summed E-state index contributed by atoms with van der Waals surface area (Å²) < 4.78 is 12.9. The van der Waals surface area contributed by atoms with Crippen LogP contribution in [0.5, 0.6) is 0 Å². The lowest BCUT2D eigenvalue weighted by Crippen LogP contribution is -2.44. The van der Waals surface area contributed by atoms with Gasteiger partial charge in [0.05, 0.1) is 41.7 Å². The van der Waals surface area contributed by atoms with Crippen molar-refractivity contribution in [3.63, 3.8) is 0 Å². The van der Waals surface area contributed by atoms with Crippen LogP contribution in [-0.2, 0) is 16.0 Å². The number of halogens is 1. The molecule has 5 nitrogen and oxygen atoms in total. The molecule has 21 heavy (non-hydrogen) atoms. The van der Waals surface area contributed by atoms with Gasteiger partial charge in [0.2, 0.25) is 0 Å². The topological polar surface area (TPSA) is 48.3 Å². The molecule has 0 amide bonds. The SMILES string of the molecule is CCCNC(c1c(Cl)cnn1CCOC)C(C)(CC)OC. The lowest BCUT2D eigenvalue weighted by atomic mass is 9.90. The first-order chi connectivity index (χ1) is 10.0. The average Bonchev–Trinajstić information content (AvgIpc) is 2.86. The van der Waals surface area contributed by atoms with Crippen LogP contribution in [-0.4, -0.2) is 42.8 Å². The molecule has 0 aromatic carbocycles. The second-order valence-corrected chi connectivity index (χ2v) is 5.76.